The van der Waals surface area contributed by atoms with Crippen molar-refractivity contribution in [3.63, 3.8) is 0 Å². The van der Waals surface area contributed by atoms with Gasteiger partial charge in [-0.2, -0.15) is 0 Å². The highest BCUT2D eigenvalue weighted by atomic mass is 79.9. The summed E-state index contributed by atoms with van der Waals surface area (Å²) < 4.78 is 0.930. The lowest BCUT2D eigenvalue weighted by molar-refractivity contribution is 0.458. The molecule has 2 nitrogen and oxygen atoms in total. The van der Waals surface area contributed by atoms with E-state index in [1.807, 2.05) is 12.1 Å². The Morgan fingerprint density at radius 1 is 1.57 bits per heavy atom. The predicted molar refractivity (Wildman–Crippen MR) is 62.2 cm³/mol. The van der Waals surface area contributed by atoms with Gasteiger partial charge in [-0.15, -0.1) is 6.58 Å². The molecule has 0 saturated heterocycles. The Balaban J connectivity index is 2.82. The summed E-state index contributed by atoms with van der Waals surface area (Å²) in [5, 5.41) is 9.58. The first-order valence-corrected chi connectivity index (χ1v) is 5.29. The molecule has 3 heteroatoms. The van der Waals surface area contributed by atoms with Gasteiger partial charge in [-0.05, 0) is 31.0 Å². The summed E-state index contributed by atoms with van der Waals surface area (Å²) in [5.41, 5.74) is 6.70. The minimum absolute atomic E-state index is 0.134. The van der Waals surface area contributed by atoms with E-state index in [9.17, 15) is 5.11 Å². The molecular formula is C11H14BrNO. The molecule has 76 valence electrons. The van der Waals surface area contributed by atoms with Crippen molar-refractivity contribution in [3.05, 3.63) is 40.9 Å². The zero-order valence-corrected chi connectivity index (χ0v) is 9.50. The summed E-state index contributed by atoms with van der Waals surface area (Å²) in [6.45, 7) is 3.64. The fourth-order valence-electron chi connectivity index (χ4n) is 1.28. The lowest BCUT2D eigenvalue weighted by atomic mass is 10.0. The Morgan fingerprint density at radius 2 is 2.29 bits per heavy atom. The van der Waals surface area contributed by atoms with Crippen LogP contribution in [0.3, 0.4) is 0 Å². The van der Waals surface area contributed by atoms with Crippen LogP contribution in [0.2, 0.25) is 0 Å². The van der Waals surface area contributed by atoms with Crippen LogP contribution >= 0.6 is 15.9 Å². The number of halogens is 1. The highest BCUT2D eigenvalue weighted by Gasteiger charge is 2.10. The maximum atomic E-state index is 9.58. The number of hydrogen-bond acceptors (Lipinski definition) is 2. The molecule has 0 spiro atoms. The summed E-state index contributed by atoms with van der Waals surface area (Å²) >= 11 is 3.35. The van der Waals surface area contributed by atoms with Crippen LogP contribution in [0.1, 0.15) is 24.4 Å². The fraction of sp³-hybridized carbons (Fsp3) is 0.273. The number of hydrogen-bond donors (Lipinski definition) is 2. The van der Waals surface area contributed by atoms with Crippen LogP contribution in [-0.4, -0.2) is 5.11 Å². The number of benzene rings is 1. The highest BCUT2D eigenvalue weighted by molar-refractivity contribution is 9.10. The molecular weight excluding hydrogens is 242 g/mol. The molecule has 0 bridgehead atoms. The first-order chi connectivity index (χ1) is 6.65. The van der Waals surface area contributed by atoms with Crippen molar-refractivity contribution < 1.29 is 5.11 Å². The van der Waals surface area contributed by atoms with E-state index in [-0.39, 0.29) is 11.8 Å². The molecule has 0 aliphatic carbocycles. The van der Waals surface area contributed by atoms with Crippen molar-refractivity contribution in [1.82, 2.24) is 0 Å². The number of phenols is 1. The Kier molecular flexibility index (Phi) is 4.17. The number of allylic oxidation sites excluding steroid dienone is 1. The quantitative estimate of drug-likeness (QED) is 0.813. The summed E-state index contributed by atoms with van der Waals surface area (Å²) in [4.78, 5) is 0. The molecule has 0 unspecified atom stereocenters. The summed E-state index contributed by atoms with van der Waals surface area (Å²) in [6.07, 6.45) is 3.48. The van der Waals surface area contributed by atoms with Crippen LogP contribution in [0.15, 0.2) is 35.3 Å². The molecule has 0 heterocycles. The third-order valence-corrected chi connectivity index (χ3v) is 2.56. The summed E-state index contributed by atoms with van der Waals surface area (Å²) in [5.74, 6) is 0.254. The van der Waals surface area contributed by atoms with Crippen molar-refractivity contribution in [2.24, 2.45) is 5.73 Å². The van der Waals surface area contributed by atoms with Crippen LogP contribution < -0.4 is 5.73 Å². The first-order valence-electron chi connectivity index (χ1n) is 4.50. The van der Waals surface area contributed by atoms with Gasteiger partial charge in [-0.3, -0.25) is 0 Å². The molecule has 0 fully saturated rings. The molecule has 3 N–H and O–H groups in total. The minimum Gasteiger partial charge on any atom is -0.508 e. The van der Waals surface area contributed by atoms with Gasteiger partial charge in [0.2, 0.25) is 0 Å². The average Bonchev–Trinajstić information content (AvgIpc) is 2.18. The number of aromatic hydroxyl groups is 1. The van der Waals surface area contributed by atoms with Crippen LogP contribution in [0.4, 0.5) is 0 Å². The van der Waals surface area contributed by atoms with Gasteiger partial charge in [-0.1, -0.05) is 22.0 Å². The molecule has 1 aromatic rings. The van der Waals surface area contributed by atoms with Gasteiger partial charge in [0.15, 0.2) is 0 Å². The lowest BCUT2D eigenvalue weighted by Gasteiger charge is -2.12. The zero-order chi connectivity index (χ0) is 10.6. The molecule has 14 heavy (non-hydrogen) atoms. The van der Waals surface area contributed by atoms with Gasteiger partial charge in [0.05, 0.1) is 0 Å². The highest BCUT2D eigenvalue weighted by Crippen LogP contribution is 2.28. The van der Waals surface area contributed by atoms with Crippen LogP contribution in [0.25, 0.3) is 0 Å². The molecule has 0 amide bonds. The first kappa shape index (κ1) is 11.3. The number of phenolic OH excluding ortho intramolecular Hbond substituents is 1. The Hall–Kier alpha value is -0.800. The average molecular weight is 256 g/mol. The Labute approximate surface area is 92.6 Å². The second-order valence-electron chi connectivity index (χ2n) is 3.18. The molecule has 1 rings (SSSR count). The zero-order valence-electron chi connectivity index (χ0n) is 7.91. The third kappa shape index (κ3) is 2.86. The van der Waals surface area contributed by atoms with Crippen molar-refractivity contribution in [1.29, 1.82) is 0 Å². The molecule has 0 aliphatic heterocycles. The fourth-order valence-corrected chi connectivity index (χ4v) is 1.65. The lowest BCUT2D eigenvalue weighted by Crippen LogP contribution is -2.09. The van der Waals surface area contributed by atoms with Crippen molar-refractivity contribution in [2.45, 2.75) is 18.9 Å². The summed E-state index contributed by atoms with van der Waals surface area (Å²) in [6, 6.07) is 5.15. The molecule has 1 atom stereocenters. The van der Waals surface area contributed by atoms with E-state index in [0.717, 1.165) is 22.9 Å². The van der Waals surface area contributed by atoms with E-state index in [1.54, 1.807) is 12.1 Å². The largest absolute Gasteiger partial charge is 0.508 e. The van der Waals surface area contributed by atoms with Crippen LogP contribution in [0, 0.1) is 0 Å². The van der Waals surface area contributed by atoms with Gasteiger partial charge in [0, 0.05) is 16.1 Å². The van der Waals surface area contributed by atoms with E-state index in [2.05, 4.69) is 22.5 Å². The van der Waals surface area contributed by atoms with E-state index < -0.39 is 0 Å². The predicted octanol–water partition coefficient (Wildman–Crippen LogP) is 3.12. The van der Waals surface area contributed by atoms with E-state index in [4.69, 9.17) is 5.73 Å². The van der Waals surface area contributed by atoms with E-state index in [0.29, 0.717) is 0 Å². The standard InChI is InChI=1S/C11H14BrNO/c1-2-3-4-10(13)9-7-8(12)5-6-11(9)14/h2,5-7,10,14H,1,3-4,13H2/t10-/m1/s1. The Morgan fingerprint density at radius 3 is 2.93 bits per heavy atom. The van der Waals surface area contributed by atoms with Gasteiger partial charge >= 0.3 is 0 Å². The second kappa shape index (κ2) is 5.17. The van der Waals surface area contributed by atoms with Gasteiger partial charge in [0.1, 0.15) is 5.75 Å². The topological polar surface area (TPSA) is 46.2 Å². The monoisotopic (exact) mass is 255 g/mol. The maximum Gasteiger partial charge on any atom is 0.120 e. The van der Waals surface area contributed by atoms with Crippen molar-refractivity contribution in [2.75, 3.05) is 0 Å². The minimum atomic E-state index is -0.134. The van der Waals surface area contributed by atoms with Crippen LogP contribution in [-0.2, 0) is 0 Å². The Bertz CT molecular complexity index is 325. The third-order valence-electron chi connectivity index (χ3n) is 2.07. The van der Waals surface area contributed by atoms with Gasteiger partial charge in [0.25, 0.3) is 0 Å². The van der Waals surface area contributed by atoms with E-state index in [1.165, 1.54) is 0 Å². The number of rotatable bonds is 4. The SMILES string of the molecule is C=CCC[C@@H](N)c1cc(Br)ccc1O. The summed E-state index contributed by atoms with van der Waals surface area (Å²) in [7, 11) is 0. The molecule has 0 radical (unpaired) electrons. The van der Waals surface area contributed by atoms with Gasteiger partial charge < -0.3 is 10.8 Å². The van der Waals surface area contributed by atoms with Crippen LogP contribution in [0.5, 0.6) is 5.75 Å². The smallest absolute Gasteiger partial charge is 0.120 e. The number of nitrogens with two attached hydrogens (primary N) is 1. The molecule has 0 aromatic heterocycles. The van der Waals surface area contributed by atoms with Gasteiger partial charge in [-0.25, -0.2) is 0 Å². The molecule has 1 aromatic carbocycles. The van der Waals surface area contributed by atoms with E-state index >= 15 is 0 Å². The normalized spacial score (nSPS) is 12.4. The van der Waals surface area contributed by atoms with Crippen molar-refractivity contribution in [3.8, 4) is 5.75 Å². The second-order valence-corrected chi connectivity index (χ2v) is 4.09. The maximum absolute atomic E-state index is 9.58. The molecule has 0 saturated carbocycles. The molecule has 0 aliphatic rings. The van der Waals surface area contributed by atoms with Crippen molar-refractivity contribution >= 4 is 15.9 Å².